The van der Waals surface area contributed by atoms with E-state index < -0.39 is 18.1 Å². The van der Waals surface area contributed by atoms with E-state index in [1.54, 1.807) is 13.2 Å². The van der Waals surface area contributed by atoms with Crippen molar-refractivity contribution in [3.63, 3.8) is 0 Å². The summed E-state index contributed by atoms with van der Waals surface area (Å²) in [6.45, 7) is 1.93. The first-order valence-electron chi connectivity index (χ1n) is 8.40. The zero-order valence-corrected chi connectivity index (χ0v) is 15.3. The molecule has 1 saturated carbocycles. The molecule has 1 fully saturated rings. The quantitative estimate of drug-likeness (QED) is 0.731. The molecule has 0 spiro atoms. The number of nitrogens with two attached hydrogens (primary N) is 1. The number of rotatable bonds is 6. The maximum Gasteiger partial charge on any atom is 0.254 e. The van der Waals surface area contributed by atoms with E-state index in [4.69, 9.17) is 10.5 Å². The van der Waals surface area contributed by atoms with Crippen molar-refractivity contribution in [3.8, 4) is 5.75 Å². The molecule has 1 aromatic carbocycles. The minimum absolute atomic E-state index is 0. The van der Waals surface area contributed by atoms with E-state index in [1.165, 1.54) is 19.3 Å². The van der Waals surface area contributed by atoms with E-state index in [-0.39, 0.29) is 12.4 Å². The van der Waals surface area contributed by atoms with E-state index in [2.05, 4.69) is 5.32 Å². The Hall–Kier alpha value is -1.30. The molecular formula is C18H29ClN2O3. The zero-order chi connectivity index (χ0) is 16.8. The first-order valence-corrected chi connectivity index (χ1v) is 8.40. The van der Waals surface area contributed by atoms with E-state index >= 15 is 0 Å². The molecule has 0 radical (unpaired) electrons. The van der Waals surface area contributed by atoms with Crippen LogP contribution in [0.5, 0.6) is 5.75 Å². The van der Waals surface area contributed by atoms with Gasteiger partial charge >= 0.3 is 0 Å². The number of benzene rings is 1. The van der Waals surface area contributed by atoms with Crippen molar-refractivity contribution in [2.45, 2.75) is 57.6 Å². The number of aliphatic hydroxyl groups is 1. The van der Waals surface area contributed by atoms with Gasteiger partial charge in [-0.2, -0.15) is 0 Å². The summed E-state index contributed by atoms with van der Waals surface area (Å²) in [6.07, 6.45) is 5.51. The number of aryl methyl sites for hydroxylation is 1. The van der Waals surface area contributed by atoms with E-state index in [9.17, 15) is 9.90 Å². The van der Waals surface area contributed by atoms with E-state index in [1.807, 2.05) is 19.1 Å². The highest BCUT2D eigenvalue weighted by Crippen LogP contribution is 2.28. The van der Waals surface area contributed by atoms with Gasteiger partial charge in [-0.1, -0.05) is 38.2 Å². The second-order valence-electron chi connectivity index (χ2n) is 6.54. The predicted octanol–water partition coefficient (Wildman–Crippen LogP) is 3.02. The molecule has 1 amide bonds. The van der Waals surface area contributed by atoms with Crippen LogP contribution in [0.4, 0.5) is 5.69 Å². The molecule has 6 heteroatoms. The van der Waals surface area contributed by atoms with Crippen LogP contribution in [-0.4, -0.2) is 30.3 Å². The zero-order valence-electron chi connectivity index (χ0n) is 14.5. The third-order valence-electron chi connectivity index (χ3n) is 4.62. The van der Waals surface area contributed by atoms with Crippen LogP contribution in [0.2, 0.25) is 0 Å². The monoisotopic (exact) mass is 356 g/mol. The Morgan fingerprint density at radius 2 is 2.04 bits per heavy atom. The van der Waals surface area contributed by atoms with Crippen molar-refractivity contribution in [2.75, 3.05) is 12.4 Å². The number of carbonyl (C=O) groups excluding carboxylic acids is 1. The Balaban J connectivity index is 0.00000288. The smallest absolute Gasteiger partial charge is 0.254 e. The van der Waals surface area contributed by atoms with E-state index in [0.29, 0.717) is 23.8 Å². The van der Waals surface area contributed by atoms with Gasteiger partial charge in [0, 0.05) is 6.04 Å². The summed E-state index contributed by atoms with van der Waals surface area (Å²) in [5.41, 5.74) is 7.62. The van der Waals surface area contributed by atoms with Crippen molar-refractivity contribution in [2.24, 2.45) is 11.7 Å². The molecule has 1 aliphatic carbocycles. The van der Waals surface area contributed by atoms with Crippen LogP contribution in [0, 0.1) is 12.8 Å². The summed E-state index contributed by atoms with van der Waals surface area (Å²) in [4.78, 5) is 12.3. The molecule has 4 N–H and O–H groups in total. The third kappa shape index (κ3) is 5.65. The molecule has 1 aromatic rings. The minimum Gasteiger partial charge on any atom is -0.495 e. The Bertz CT molecular complexity index is 533. The maximum atomic E-state index is 12.3. The summed E-state index contributed by atoms with van der Waals surface area (Å²) in [5, 5.41) is 13.0. The first kappa shape index (κ1) is 20.7. The SMILES string of the molecule is COc1ccc(C)cc1NC(=O)C(O)[C@H](N)CC1CCCCC1.Cl. The van der Waals surface area contributed by atoms with E-state index in [0.717, 1.165) is 18.4 Å². The fourth-order valence-corrected chi connectivity index (χ4v) is 3.26. The van der Waals surface area contributed by atoms with Crippen molar-refractivity contribution < 1.29 is 14.6 Å². The van der Waals surface area contributed by atoms with Crippen LogP contribution in [0.1, 0.15) is 44.1 Å². The standard InChI is InChI=1S/C18H28N2O3.ClH/c1-12-8-9-16(23-2)15(10-12)20-18(22)17(21)14(19)11-13-6-4-3-5-7-13;/h8-10,13-14,17,21H,3-7,11,19H2,1-2H3,(H,20,22);1H/t14-,17?;/m1./s1. The van der Waals surface area contributed by atoms with Gasteiger partial charge < -0.3 is 20.9 Å². The summed E-state index contributed by atoms with van der Waals surface area (Å²) in [5.74, 6) is 0.615. The fourth-order valence-electron chi connectivity index (χ4n) is 3.26. The molecule has 2 rings (SSSR count). The van der Waals surface area contributed by atoms with Crippen molar-refractivity contribution >= 4 is 24.0 Å². The van der Waals surface area contributed by atoms with Crippen LogP contribution in [0.25, 0.3) is 0 Å². The van der Waals surface area contributed by atoms with Gasteiger partial charge in [-0.3, -0.25) is 4.79 Å². The number of hydrogen-bond donors (Lipinski definition) is 3. The van der Waals surface area contributed by atoms with Crippen LogP contribution in [-0.2, 0) is 4.79 Å². The van der Waals surface area contributed by atoms with Gasteiger partial charge in [-0.05, 0) is 37.0 Å². The van der Waals surface area contributed by atoms with Gasteiger partial charge in [0.2, 0.25) is 0 Å². The van der Waals surface area contributed by atoms with Gasteiger partial charge in [0.1, 0.15) is 11.9 Å². The summed E-state index contributed by atoms with van der Waals surface area (Å²) < 4.78 is 5.24. The lowest BCUT2D eigenvalue weighted by Gasteiger charge is -2.26. The minimum atomic E-state index is -1.21. The molecule has 1 unspecified atom stereocenters. The number of aliphatic hydroxyl groups excluding tert-OH is 1. The van der Waals surface area contributed by atoms with Gasteiger partial charge in [0.25, 0.3) is 5.91 Å². The lowest BCUT2D eigenvalue weighted by molar-refractivity contribution is -0.125. The normalized spacial score (nSPS) is 17.5. The molecule has 0 saturated heterocycles. The highest BCUT2D eigenvalue weighted by atomic mass is 35.5. The number of ether oxygens (including phenoxy) is 1. The molecule has 0 aromatic heterocycles. The van der Waals surface area contributed by atoms with Gasteiger partial charge in [-0.25, -0.2) is 0 Å². The van der Waals surface area contributed by atoms with Gasteiger partial charge in [0.05, 0.1) is 12.8 Å². The van der Waals surface area contributed by atoms with Crippen LogP contribution in [0.15, 0.2) is 18.2 Å². The largest absolute Gasteiger partial charge is 0.495 e. The number of amides is 1. The first-order chi connectivity index (χ1) is 11.0. The van der Waals surface area contributed by atoms with Gasteiger partial charge in [0.15, 0.2) is 0 Å². The molecular weight excluding hydrogens is 328 g/mol. The number of nitrogens with one attached hydrogen (secondary N) is 1. The molecule has 24 heavy (non-hydrogen) atoms. The number of halogens is 1. The maximum absolute atomic E-state index is 12.3. The van der Waals surface area contributed by atoms with Crippen molar-refractivity contribution in [1.82, 2.24) is 0 Å². The fraction of sp³-hybridized carbons (Fsp3) is 0.611. The van der Waals surface area contributed by atoms with Crippen molar-refractivity contribution in [1.29, 1.82) is 0 Å². The molecule has 136 valence electrons. The lowest BCUT2D eigenvalue weighted by Crippen LogP contribution is -2.44. The summed E-state index contributed by atoms with van der Waals surface area (Å²) in [7, 11) is 1.55. The average molecular weight is 357 g/mol. The van der Waals surface area contributed by atoms with Crippen LogP contribution in [0.3, 0.4) is 0 Å². The topological polar surface area (TPSA) is 84.6 Å². The van der Waals surface area contributed by atoms with Crippen LogP contribution < -0.4 is 15.8 Å². The Morgan fingerprint density at radius 3 is 2.67 bits per heavy atom. The highest BCUT2D eigenvalue weighted by molar-refractivity contribution is 5.95. The summed E-state index contributed by atoms with van der Waals surface area (Å²) in [6, 6.07) is 4.98. The van der Waals surface area contributed by atoms with Crippen molar-refractivity contribution in [3.05, 3.63) is 23.8 Å². The van der Waals surface area contributed by atoms with Gasteiger partial charge in [-0.15, -0.1) is 12.4 Å². The van der Waals surface area contributed by atoms with Crippen LogP contribution >= 0.6 is 12.4 Å². The number of hydrogen-bond acceptors (Lipinski definition) is 4. The molecule has 2 atom stereocenters. The average Bonchev–Trinajstić information content (AvgIpc) is 2.55. The lowest BCUT2D eigenvalue weighted by atomic mass is 9.84. The second-order valence-corrected chi connectivity index (χ2v) is 6.54. The Labute approximate surface area is 150 Å². The second kappa shape index (κ2) is 9.87. The number of anilines is 1. The highest BCUT2D eigenvalue weighted by Gasteiger charge is 2.27. The molecule has 0 bridgehead atoms. The Morgan fingerprint density at radius 1 is 1.38 bits per heavy atom. The molecule has 0 aliphatic heterocycles. The molecule has 1 aliphatic rings. The molecule has 5 nitrogen and oxygen atoms in total. The third-order valence-corrected chi connectivity index (χ3v) is 4.62. The Kier molecular flexibility index (Phi) is 8.53. The predicted molar refractivity (Wildman–Crippen MR) is 98.8 cm³/mol. The molecule has 0 heterocycles. The summed E-state index contributed by atoms with van der Waals surface area (Å²) >= 11 is 0. The number of carbonyl (C=O) groups is 1. The number of methoxy groups -OCH3 is 1.